The zero-order valence-electron chi connectivity index (χ0n) is 11.2. The van der Waals surface area contributed by atoms with Crippen molar-refractivity contribution in [1.29, 1.82) is 0 Å². The van der Waals surface area contributed by atoms with Crippen molar-refractivity contribution in [3.05, 3.63) is 33.9 Å². The van der Waals surface area contributed by atoms with Gasteiger partial charge in [-0.05, 0) is 13.0 Å². The summed E-state index contributed by atoms with van der Waals surface area (Å²) >= 11 is 0. The Morgan fingerprint density at radius 1 is 1.58 bits per heavy atom. The Labute approximate surface area is 112 Å². The van der Waals surface area contributed by atoms with Gasteiger partial charge >= 0.3 is 0 Å². The Morgan fingerprint density at radius 3 is 3.05 bits per heavy atom. The summed E-state index contributed by atoms with van der Waals surface area (Å²) < 4.78 is 10.6. The van der Waals surface area contributed by atoms with Crippen molar-refractivity contribution >= 4 is 11.4 Å². The molecule has 1 unspecified atom stereocenters. The lowest BCUT2D eigenvalue weighted by molar-refractivity contribution is -0.384. The largest absolute Gasteiger partial charge is 0.382 e. The van der Waals surface area contributed by atoms with Crippen molar-refractivity contribution < 1.29 is 14.4 Å². The van der Waals surface area contributed by atoms with Crippen LogP contribution in [0.2, 0.25) is 0 Å². The summed E-state index contributed by atoms with van der Waals surface area (Å²) in [5.74, 6) is 0. The number of hydrogen-bond acceptors (Lipinski definition) is 5. The molecule has 2 rings (SSSR count). The minimum atomic E-state index is -0.314. The summed E-state index contributed by atoms with van der Waals surface area (Å²) in [5.41, 5.74) is 1.52. The molecule has 0 bridgehead atoms. The fraction of sp³-hybridized carbons (Fsp3) is 0.538. The average Bonchev–Trinajstić information content (AvgIpc) is 2.38. The van der Waals surface area contributed by atoms with E-state index in [0.29, 0.717) is 37.6 Å². The molecule has 1 atom stereocenters. The van der Waals surface area contributed by atoms with Crippen molar-refractivity contribution in [2.75, 3.05) is 38.3 Å². The molecule has 0 saturated carbocycles. The number of anilines is 1. The molecule has 1 saturated heterocycles. The highest BCUT2D eigenvalue weighted by atomic mass is 16.6. The minimum Gasteiger partial charge on any atom is -0.382 e. The second-order valence-electron chi connectivity index (χ2n) is 4.59. The summed E-state index contributed by atoms with van der Waals surface area (Å²) in [7, 11) is 1.62. The van der Waals surface area contributed by atoms with Crippen LogP contribution in [0.1, 0.15) is 5.56 Å². The van der Waals surface area contributed by atoms with E-state index in [4.69, 9.17) is 9.47 Å². The quantitative estimate of drug-likeness (QED) is 0.613. The SMILES string of the molecule is COCC1CN(c2cccc(C)c2[N+](=O)[O-])CCO1. The molecular weight excluding hydrogens is 248 g/mol. The Balaban J connectivity index is 2.26. The first-order valence-corrected chi connectivity index (χ1v) is 6.23. The van der Waals surface area contributed by atoms with Crippen molar-refractivity contribution in [3.8, 4) is 0 Å². The number of aryl methyl sites for hydroxylation is 1. The van der Waals surface area contributed by atoms with Gasteiger partial charge in [0.15, 0.2) is 0 Å². The van der Waals surface area contributed by atoms with E-state index in [2.05, 4.69) is 0 Å². The van der Waals surface area contributed by atoms with Crippen LogP contribution in [0, 0.1) is 17.0 Å². The fourth-order valence-electron chi connectivity index (χ4n) is 2.36. The minimum absolute atomic E-state index is 0.0427. The van der Waals surface area contributed by atoms with E-state index in [9.17, 15) is 10.1 Å². The molecular formula is C13H18N2O4. The van der Waals surface area contributed by atoms with E-state index >= 15 is 0 Å². The van der Waals surface area contributed by atoms with E-state index < -0.39 is 0 Å². The fourth-order valence-corrected chi connectivity index (χ4v) is 2.36. The number of methoxy groups -OCH3 is 1. The summed E-state index contributed by atoms with van der Waals surface area (Å²) in [4.78, 5) is 12.9. The summed E-state index contributed by atoms with van der Waals surface area (Å²) in [5, 5.41) is 11.2. The number of hydrogen-bond donors (Lipinski definition) is 0. The molecule has 1 heterocycles. The number of nitro groups is 1. The summed E-state index contributed by atoms with van der Waals surface area (Å²) in [6.45, 7) is 4.08. The topological polar surface area (TPSA) is 64.8 Å². The van der Waals surface area contributed by atoms with E-state index in [0.717, 1.165) is 0 Å². The predicted molar refractivity (Wildman–Crippen MR) is 71.7 cm³/mol. The van der Waals surface area contributed by atoms with Gasteiger partial charge < -0.3 is 14.4 Å². The van der Waals surface area contributed by atoms with Crippen molar-refractivity contribution in [3.63, 3.8) is 0 Å². The number of para-hydroxylation sites is 1. The molecule has 1 aliphatic heterocycles. The van der Waals surface area contributed by atoms with Crippen LogP contribution in [0.4, 0.5) is 11.4 Å². The molecule has 6 heteroatoms. The second kappa shape index (κ2) is 5.99. The molecule has 6 nitrogen and oxygen atoms in total. The van der Waals surface area contributed by atoms with Gasteiger partial charge in [0.25, 0.3) is 5.69 Å². The monoisotopic (exact) mass is 266 g/mol. The molecule has 0 aromatic heterocycles. The van der Waals surface area contributed by atoms with Gasteiger partial charge in [0.05, 0.1) is 24.2 Å². The number of morpholine rings is 1. The summed E-state index contributed by atoms with van der Waals surface area (Å²) in [6, 6.07) is 5.40. The predicted octanol–water partition coefficient (Wildman–Crippen LogP) is 1.75. The Morgan fingerprint density at radius 2 is 2.37 bits per heavy atom. The molecule has 0 amide bonds. The molecule has 1 aliphatic rings. The zero-order valence-corrected chi connectivity index (χ0v) is 11.2. The molecule has 19 heavy (non-hydrogen) atoms. The second-order valence-corrected chi connectivity index (χ2v) is 4.59. The van der Waals surface area contributed by atoms with Crippen LogP contribution in [-0.2, 0) is 9.47 Å². The summed E-state index contributed by atoms with van der Waals surface area (Å²) in [6.07, 6.45) is -0.0427. The third-order valence-corrected chi connectivity index (χ3v) is 3.23. The van der Waals surface area contributed by atoms with Crippen molar-refractivity contribution in [1.82, 2.24) is 0 Å². The maximum absolute atomic E-state index is 11.2. The molecule has 104 valence electrons. The maximum Gasteiger partial charge on any atom is 0.295 e. The number of ether oxygens (including phenoxy) is 2. The van der Waals surface area contributed by atoms with Gasteiger partial charge in [-0.25, -0.2) is 0 Å². The number of benzene rings is 1. The van der Waals surface area contributed by atoms with E-state index in [1.807, 2.05) is 11.0 Å². The smallest absolute Gasteiger partial charge is 0.295 e. The molecule has 1 aromatic carbocycles. The van der Waals surface area contributed by atoms with Crippen LogP contribution >= 0.6 is 0 Å². The number of nitrogens with zero attached hydrogens (tertiary/aromatic N) is 2. The van der Waals surface area contributed by atoms with Crippen LogP contribution in [0.5, 0.6) is 0 Å². The first-order valence-electron chi connectivity index (χ1n) is 6.23. The standard InChI is InChI=1S/C13H18N2O4/c1-10-4-3-5-12(13(10)15(16)17)14-6-7-19-11(8-14)9-18-2/h3-5,11H,6-9H2,1-2H3. The van der Waals surface area contributed by atoms with Gasteiger partial charge in [-0.1, -0.05) is 12.1 Å². The zero-order chi connectivity index (χ0) is 13.8. The van der Waals surface area contributed by atoms with Crippen LogP contribution in [0.3, 0.4) is 0 Å². The van der Waals surface area contributed by atoms with Gasteiger partial charge in [0.2, 0.25) is 0 Å². The average molecular weight is 266 g/mol. The Hall–Kier alpha value is -1.66. The van der Waals surface area contributed by atoms with E-state index in [1.165, 1.54) is 0 Å². The third kappa shape index (κ3) is 3.02. The molecule has 1 fully saturated rings. The van der Waals surface area contributed by atoms with Crippen molar-refractivity contribution in [2.24, 2.45) is 0 Å². The Kier molecular flexibility index (Phi) is 4.34. The molecule has 1 aromatic rings. The van der Waals surface area contributed by atoms with Crippen LogP contribution in [0.25, 0.3) is 0 Å². The molecule has 0 radical (unpaired) electrons. The van der Waals surface area contributed by atoms with Gasteiger partial charge in [0, 0.05) is 25.8 Å². The molecule has 0 spiro atoms. The van der Waals surface area contributed by atoms with Crippen LogP contribution in [-0.4, -0.2) is 44.4 Å². The maximum atomic E-state index is 11.2. The highest BCUT2D eigenvalue weighted by Gasteiger charge is 2.26. The van der Waals surface area contributed by atoms with Crippen LogP contribution in [0.15, 0.2) is 18.2 Å². The van der Waals surface area contributed by atoms with Gasteiger partial charge in [-0.2, -0.15) is 0 Å². The van der Waals surface area contributed by atoms with E-state index in [-0.39, 0.29) is 16.7 Å². The first kappa shape index (κ1) is 13.8. The van der Waals surface area contributed by atoms with Crippen LogP contribution < -0.4 is 4.90 Å². The third-order valence-electron chi connectivity index (χ3n) is 3.23. The first-order chi connectivity index (χ1) is 9.13. The molecule has 0 N–H and O–H groups in total. The van der Waals surface area contributed by atoms with Gasteiger partial charge in [-0.3, -0.25) is 10.1 Å². The lowest BCUT2D eigenvalue weighted by Crippen LogP contribution is -2.44. The van der Waals surface area contributed by atoms with Gasteiger partial charge in [-0.15, -0.1) is 0 Å². The normalized spacial score (nSPS) is 19.5. The lowest BCUT2D eigenvalue weighted by atomic mass is 10.1. The van der Waals surface area contributed by atoms with Gasteiger partial charge in [0.1, 0.15) is 5.69 Å². The highest BCUT2D eigenvalue weighted by Crippen LogP contribution is 2.32. The lowest BCUT2D eigenvalue weighted by Gasteiger charge is -2.34. The van der Waals surface area contributed by atoms with Crippen molar-refractivity contribution in [2.45, 2.75) is 13.0 Å². The Bertz CT molecular complexity index is 462. The number of rotatable bonds is 4. The van der Waals surface area contributed by atoms with E-state index in [1.54, 1.807) is 26.2 Å². The number of nitro benzene ring substituents is 1. The molecule has 0 aliphatic carbocycles. The highest BCUT2D eigenvalue weighted by molar-refractivity contribution is 5.66.